The van der Waals surface area contributed by atoms with Gasteiger partial charge < -0.3 is 9.72 Å². The monoisotopic (exact) mass is 235 g/mol. The van der Waals surface area contributed by atoms with Crippen LogP contribution in [-0.4, -0.2) is 27.3 Å². The number of nitrogens with zero attached hydrogens (tertiary/aromatic N) is 2. The number of carbonyl (C=O) groups excluding carboxylic acids is 1. The Hall–Kier alpha value is -2.11. The van der Waals surface area contributed by atoms with Crippen LogP contribution in [0, 0.1) is 6.92 Å². The fourth-order valence-electron chi connectivity index (χ4n) is 1.75. The van der Waals surface area contributed by atoms with Crippen molar-refractivity contribution in [2.24, 2.45) is 7.05 Å². The number of esters is 1. The minimum atomic E-state index is -0.600. The number of fused-ring (bicyclic) bond motifs is 1. The Kier molecular flexibility index (Phi) is 2.71. The van der Waals surface area contributed by atoms with Crippen LogP contribution in [0.4, 0.5) is 0 Å². The zero-order chi connectivity index (χ0) is 12.6. The molecular formula is C11H13N3O3. The van der Waals surface area contributed by atoms with Gasteiger partial charge in [0.1, 0.15) is 11.2 Å². The maximum absolute atomic E-state index is 12.1. The number of H-pyrrole nitrogens is 1. The van der Waals surface area contributed by atoms with Crippen molar-refractivity contribution in [1.82, 2.24) is 14.8 Å². The lowest BCUT2D eigenvalue weighted by molar-refractivity contribution is 0.0524. The van der Waals surface area contributed by atoms with Crippen LogP contribution >= 0.6 is 0 Å². The van der Waals surface area contributed by atoms with Crippen molar-refractivity contribution in [3.05, 3.63) is 27.7 Å². The summed E-state index contributed by atoms with van der Waals surface area (Å²) in [5.41, 5.74) is 0.792. The molecule has 0 atom stereocenters. The van der Waals surface area contributed by atoms with Crippen molar-refractivity contribution < 1.29 is 9.53 Å². The average Bonchev–Trinajstić information content (AvgIpc) is 2.61. The maximum Gasteiger partial charge on any atom is 0.343 e. The molecule has 0 aliphatic carbocycles. The standard InChI is InChI=1S/C11H13N3O3/c1-4-17-11(16)8-6(2)13-10-7(9(8)15)5-12-14(10)3/h5H,4H2,1-3H3,(H,13,15). The maximum atomic E-state index is 12.1. The number of aromatic nitrogens is 3. The third-order valence-electron chi connectivity index (χ3n) is 2.57. The summed E-state index contributed by atoms with van der Waals surface area (Å²) in [7, 11) is 1.72. The van der Waals surface area contributed by atoms with E-state index in [9.17, 15) is 9.59 Å². The molecule has 1 N–H and O–H groups in total. The van der Waals surface area contributed by atoms with Crippen LogP contribution in [0.2, 0.25) is 0 Å². The summed E-state index contributed by atoms with van der Waals surface area (Å²) in [5.74, 6) is -0.600. The van der Waals surface area contributed by atoms with E-state index in [1.165, 1.54) is 6.20 Å². The Balaban J connectivity index is 2.73. The molecule has 6 heteroatoms. The highest BCUT2D eigenvalue weighted by Gasteiger charge is 2.19. The highest BCUT2D eigenvalue weighted by molar-refractivity contribution is 5.94. The van der Waals surface area contributed by atoms with Crippen molar-refractivity contribution in [3.8, 4) is 0 Å². The number of aryl methyl sites for hydroxylation is 2. The van der Waals surface area contributed by atoms with Crippen LogP contribution in [0.1, 0.15) is 23.0 Å². The fourth-order valence-corrected chi connectivity index (χ4v) is 1.75. The van der Waals surface area contributed by atoms with Gasteiger partial charge in [-0.2, -0.15) is 5.10 Å². The molecule has 6 nitrogen and oxygen atoms in total. The molecule has 0 aromatic carbocycles. The number of pyridine rings is 1. The quantitative estimate of drug-likeness (QED) is 0.779. The molecule has 90 valence electrons. The minimum absolute atomic E-state index is 0.0485. The van der Waals surface area contributed by atoms with Gasteiger partial charge in [-0.05, 0) is 13.8 Å². The molecule has 0 fully saturated rings. The van der Waals surface area contributed by atoms with E-state index in [0.29, 0.717) is 16.7 Å². The van der Waals surface area contributed by atoms with Crippen LogP contribution in [0.25, 0.3) is 11.0 Å². The van der Waals surface area contributed by atoms with E-state index >= 15 is 0 Å². The van der Waals surface area contributed by atoms with Crippen LogP contribution in [0.3, 0.4) is 0 Å². The molecule has 0 bridgehead atoms. The predicted octanol–water partition coefficient (Wildman–Crippen LogP) is 0.747. The lowest BCUT2D eigenvalue weighted by Crippen LogP contribution is -2.20. The second-order valence-electron chi connectivity index (χ2n) is 3.71. The summed E-state index contributed by atoms with van der Waals surface area (Å²) in [6.07, 6.45) is 1.44. The van der Waals surface area contributed by atoms with Crippen molar-refractivity contribution in [2.75, 3.05) is 6.61 Å². The molecule has 0 aliphatic heterocycles. The second kappa shape index (κ2) is 4.04. The first-order valence-corrected chi connectivity index (χ1v) is 5.28. The fraction of sp³-hybridized carbons (Fsp3) is 0.364. The molecule has 17 heavy (non-hydrogen) atoms. The van der Waals surface area contributed by atoms with Gasteiger partial charge in [-0.1, -0.05) is 0 Å². The Labute approximate surface area is 97.2 Å². The number of hydrogen-bond donors (Lipinski definition) is 1. The largest absolute Gasteiger partial charge is 0.462 e. The molecule has 0 unspecified atom stereocenters. The SMILES string of the molecule is CCOC(=O)c1c(C)[nH]c2c(cnn2C)c1=O. The molecule has 0 saturated heterocycles. The van der Waals surface area contributed by atoms with E-state index in [0.717, 1.165) is 0 Å². The zero-order valence-electron chi connectivity index (χ0n) is 9.90. The van der Waals surface area contributed by atoms with E-state index in [1.807, 2.05) is 0 Å². The van der Waals surface area contributed by atoms with E-state index in [4.69, 9.17) is 4.74 Å². The van der Waals surface area contributed by atoms with Gasteiger partial charge in [-0.15, -0.1) is 0 Å². The van der Waals surface area contributed by atoms with Crippen molar-refractivity contribution in [1.29, 1.82) is 0 Å². The summed E-state index contributed by atoms with van der Waals surface area (Å²) < 4.78 is 6.41. The van der Waals surface area contributed by atoms with E-state index in [2.05, 4.69) is 10.1 Å². The number of rotatable bonds is 2. The molecule has 2 rings (SSSR count). The second-order valence-corrected chi connectivity index (χ2v) is 3.71. The van der Waals surface area contributed by atoms with Crippen molar-refractivity contribution in [3.63, 3.8) is 0 Å². The Morgan fingerprint density at radius 3 is 2.94 bits per heavy atom. The average molecular weight is 235 g/mol. The lowest BCUT2D eigenvalue weighted by Gasteiger charge is -2.05. The number of ether oxygens (including phenoxy) is 1. The van der Waals surface area contributed by atoms with Crippen molar-refractivity contribution in [2.45, 2.75) is 13.8 Å². The van der Waals surface area contributed by atoms with Crippen LogP contribution in [0.5, 0.6) is 0 Å². The normalized spacial score (nSPS) is 10.8. The van der Waals surface area contributed by atoms with Crippen molar-refractivity contribution >= 4 is 17.0 Å². The minimum Gasteiger partial charge on any atom is -0.462 e. The smallest absolute Gasteiger partial charge is 0.343 e. The van der Waals surface area contributed by atoms with Gasteiger partial charge in [0.05, 0.1) is 18.2 Å². The first-order valence-electron chi connectivity index (χ1n) is 5.28. The molecule has 0 saturated carbocycles. The van der Waals surface area contributed by atoms with Crippen LogP contribution in [-0.2, 0) is 11.8 Å². The summed E-state index contributed by atoms with van der Waals surface area (Å²) in [5, 5.41) is 4.37. The Morgan fingerprint density at radius 1 is 1.59 bits per heavy atom. The molecule has 2 aromatic rings. The highest BCUT2D eigenvalue weighted by Crippen LogP contribution is 2.10. The van der Waals surface area contributed by atoms with Crippen LogP contribution < -0.4 is 5.43 Å². The summed E-state index contributed by atoms with van der Waals surface area (Å²) in [6, 6.07) is 0. The van der Waals surface area contributed by atoms with E-state index < -0.39 is 5.97 Å². The summed E-state index contributed by atoms with van der Waals surface area (Å²) in [4.78, 5) is 26.8. The topological polar surface area (TPSA) is 77.0 Å². The van der Waals surface area contributed by atoms with Gasteiger partial charge in [-0.25, -0.2) is 4.79 Å². The van der Waals surface area contributed by atoms with Gasteiger partial charge in [0.2, 0.25) is 5.43 Å². The van der Waals surface area contributed by atoms with Gasteiger partial charge in [-0.3, -0.25) is 9.48 Å². The molecule has 0 radical (unpaired) electrons. The summed E-state index contributed by atoms with van der Waals surface area (Å²) in [6.45, 7) is 3.60. The summed E-state index contributed by atoms with van der Waals surface area (Å²) >= 11 is 0. The molecule has 2 heterocycles. The molecule has 0 spiro atoms. The molecule has 0 aliphatic rings. The number of carbonyl (C=O) groups is 1. The number of nitrogens with one attached hydrogen (secondary N) is 1. The number of hydrogen-bond acceptors (Lipinski definition) is 4. The third-order valence-corrected chi connectivity index (χ3v) is 2.57. The molecule has 0 amide bonds. The molecular weight excluding hydrogens is 222 g/mol. The van der Waals surface area contributed by atoms with E-state index in [1.54, 1.807) is 25.6 Å². The van der Waals surface area contributed by atoms with Gasteiger partial charge in [0, 0.05) is 12.7 Å². The highest BCUT2D eigenvalue weighted by atomic mass is 16.5. The number of aromatic amines is 1. The Bertz CT molecular complexity index is 639. The first kappa shape index (κ1) is 11.4. The van der Waals surface area contributed by atoms with Crippen LogP contribution in [0.15, 0.2) is 11.0 Å². The first-order chi connectivity index (χ1) is 8.06. The molecule has 2 aromatic heterocycles. The van der Waals surface area contributed by atoms with Gasteiger partial charge in [0.25, 0.3) is 0 Å². The van der Waals surface area contributed by atoms with Gasteiger partial charge >= 0.3 is 5.97 Å². The van der Waals surface area contributed by atoms with E-state index in [-0.39, 0.29) is 17.6 Å². The zero-order valence-corrected chi connectivity index (χ0v) is 9.90. The predicted molar refractivity (Wildman–Crippen MR) is 62.0 cm³/mol. The van der Waals surface area contributed by atoms with Gasteiger partial charge in [0.15, 0.2) is 0 Å². The lowest BCUT2D eigenvalue weighted by atomic mass is 10.1. The third kappa shape index (κ3) is 1.71. The Morgan fingerprint density at radius 2 is 2.29 bits per heavy atom.